The number of amides is 1. The molecule has 1 aromatic heterocycles. The highest BCUT2D eigenvalue weighted by Gasteiger charge is 2.23. The van der Waals surface area contributed by atoms with E-state index in [0.717, 1.165) is 18.9 Å². The van der Waals surface area contributed by atoms with Gasteiger partial charge in [0.1, 0.15) is 11.6 Å². The molecular weight excluding hydrogens is 328 g/mol. The number of methoxy groups -OCH3 is 1. The molecule has 0 N–H and O–H groups in total. The molecule has 0 spiro atoms. The van der Waals surface area contributed by atoms with Crippen molar-refractivity contribution in [2.75, 3.05) is 38.2 Å². The van der Waals surface area contributed by atoms with E-state index in [4.69, 9.17) is 16.3 Å². The molecule has 0 unspecified atom stereocenters. The molecule has 0 aliphatic carbocycles. The summed E-state index contributed by atoms with van der Waals surface area (Å²) in [5.74, 6) is 2.09. The van der Waals surface area contributed by atoms with Gasteiger partial charge in [-0.2, -0.15) is 4.98 Å². The molecule has 0 saturated carbocycles. The minimum atomic E-state index is 0.0303. The number of ether oxygens (including phenoxy) is 1. The van der Waals surface area contributed by atoms with Gasteiger partial charge in [-0.05, 0) is 31.2 Å². The monoisotopic (exact) mass is 346 g/mol. The van der Waals surface area contributed by atoms with Gasteiger partial charge in [0, 0.05) is 42.8 Å². The quantitative estimate of drug-likeness (QED) is 0.854. The average Bonchev–Trinajstić information content (AvgIpc) is 2.61. The van der Waals surface area contributed by atoms with Gasteiger partial charge in [0.2, 0.25) is 5.88 Å². The molecule has 3 rings (SSSR count). The molecule has 24 heavy (non-hydrogen) atoms. The summed E-state index contributed by atoms with van der Waals surface area (Å²) in [5, 5.41) is 0.629. The van der Waals surface area contributed by atoms with Gasteiger partial charge in [-0.25, -0.2) is 4.98 Å². The number of anilines is 1. The highest BCUT2D eigenvalue weighted by atomic mass is 35.5. The number of halogens is 1. The summed E-state index contributed by atoms with van der Waals surface area (Å²) in [4.78, 5) is 25.2. The lowest BCUT2D eigenvalue weighted by atomic mass is 10.2. The summed E-state index contributed by atoms with van der Waals surface area (Å²) in [6, 6.07) is 8.82. The molecule has 126 valence electrons. The van der Waals surface area contributed by atoms with E-state index in [2.05, 4.69) is 14.9 Å². The van der Waals surface area contributed by atoms with Crippen molar-refractivity contribution in [2.45, 2.75) is 6.92 Å². The second-order valence-corrected chi connectivity index (χ2v) is 6.04. The van der Waals surface area contributed by atoms with Crippen LogP contribution in [-0.2, 0) is 0 Å². The van der Waals surface area contributed by atoms with Crippen molar-refractivity contribution in [2.24, 2.45) is 0 Å². The molecule has 1 aliphatic heterocycles. The van der Waals surface area contributed by atoms with Crippen LogP contribution >= 0.6 is 11.6 Å². The molecule has 0 radical (unpaired) electrons. The topological polar surface area (TPSA) is 58.6 Å². The van der Waals surface area contributed by atoms with Gasteiger partial charge >= 0.3 is 0 Å². The van der Waals surface area contributed by atoms with Crippen LogP contribution in [-0.4, -0.2) is 54.1 Å². The van der Waals surface area contributed by atoms with Crippen LogP contribution in [0.4, 0.5) is 5.82 Å². The van der Waals surface area contributed by atoms with Gasteiger partial charge in [0.25, 0.3) is 5.91 Å². The molecule has 1 amide bonds. The molecule has 0 bridgehead atoms. The Labute approximate surface area is 146 Å². The number of carbonyl (C=O) groups excluding carboxylic acids is 1. The van der Waals surface area contributed by atoms with Gasteiger partial charge in [-0.15, -0.1) is 0 Å². The van der Waals surface area contributed by atoms with Gasteiger partial charge < -0.3 is 14.5 Å². The Balaban J connectivity index is 1.66. The standard InChI is InChI=1S/C17H19ClN4O2/c1-12-19-15(11-16(20-12)24-2)21-7-9-22(10-8-21)17(23)13-3-5-14(18)6-4-13/h3-6,11H,7-10H2,1-2H3. The normalized spacial score (nSPS) is 14.6. The molecule has 1 aromatic carbocycles. The van der Waals surface area contributed by atoms with Gasteiger partial charge in [-0.3, -0.25) is 4.79 Å². The zero-order valence-corrected chi connectivity index (χ0v) is 14.5. The fourth-order valence-electron chi connectivity index (χ4n) is 2.71. The maximum absolute atomic E-state index is 12.5. The first-order valence-electron chi connectivity index (χ1n) is 7.76. The van der Waals surface area contributed by atoms with Crippen molar-refractivity contribution in [1.82, 2.24) is 14.9 Å². The van der Waals surface area contributed by atoms with Crippen molar-refractivity contribution in [3.05, 3.63) is 46.7 Å². The number of carbonyl (C=O) groups is 1. The van der Waals surface area contributed by atoms with Crippen molar-refractivity contribution in [3.8, 4) is 5.88 Å². The molecule has 7 heteroatoms. The van der Waals surface area contributed by atoms with Crippen molar-refractivity contribution in [3.63, 3.8) is 0 Å². The summed E-state index contributed by atoms with van der Waals surface area (Å²) in [7, 11) is 1.59. The smallest absolute Gasteiger partial charge is 0.253 e. The first kappa shape index (κ1) is 16.5. The maximum Gasteiger partial charge on any atom is 0.253 e. The zero-order chi connectivity index (χ0) is 17.1. The minimum absolute atomic E-state index is 0.0303. The number of benzene rings is 1. The summed E-state index contributed by atoms with van der Waals surface area (Å²) in [5.41, 5.74) is 0.660. The van der Waals surface area contributed by atoms with Gasteiger partial charge in [0.05, 0.1) is 7.11 Å². The predicted molar refractivity (Wildman–Crippen MR) is 92.9 cm³/mol. The summed E-state index contributed by atoms with van der Waals surface area (Å²) in [6.45, 7) is 4.57. The van der Waals surface area contributed by atoms with Crippen LogP contribution in [0, 0.1) is 6.92 Å². The van der Waals surface area contributed by atoms with Crippen LogP contribution in [0.3, 0.4) is 0 Å². The lowest BCUT2D eigenvalue weighted by Crippen LogP contribution is -2.49. The van der Waals surface area contributed by atoms with Crippen LogP contribution in [0.2, 0.25) is 5.02 Å². The highest BCUT2D eigenvalue weighted by molar-refractivity contribution is 6.30. The summed E-state index contributed by atoms with van der Waals surface area (Å²) < 4.78 is 5.20. The van der Waals surface area contributed by atoms with Crippen molar-refractivity contribution >= 4 is 23.3 Å². The Hall–Kier alpha value is -2.34. The fraction of sp³-hybridized carbons (Fsp3) is 0.353. The van der Waals surface area contributed by atoms with E-state index >= 15 is 0 Å². The molecular formula is C17H19ClN4O2. The Kier molecular flexibility index (Phi) is 4.85. The predicted octanol–water partition coefficient (Wildman–Crippen LogP) is 2.41. The molecule has 1 aliphatic rings. The van der Waals surface area contributed by atoms with Crippen LogP contribution in [0.15, 0.2) is 30.3 Å². The van der Waals surface area contributed by atoms with E-state index in [9.17, 15) is 4.79 Å². The van der Waals surface area contributed by atoms with E-state index < -0.39 is 0 Å². The van der Waals surface area contributed by atoms with Crippen LogP contribution in [0.1, 0.15) is 16.2 Å². The largest absolute Gasteiger partial charge is 0.481 e. The van der Waals surface area contributed by atoms with E-state index in [0.29, 0.717) is 35.4 Å². The second-order valence-electron chi connectivity index (χ2n) is 5.60. The molecule has 2 aromatic rings. The van der Waals surface area contributed by atoms with Crippen molar-refractivity contribution < 1.29 is 9.53 Å². The number of nitrogens with zero attached hydrogens (tertiary/aromatic N) is 4. The molecule has 1 saturated heterocycles. The average molecular weight is 347 g/mol. The Morgan fingerprint density at radius 2 is 1.79 bits per heavy atom. The van der Waals surface area contributed by atoms with Gasteiger partial charge in [-0.1, -0.05) is 11.6 Å². The minimum Gasteiger partial charge on any atom is -0.481 e. The van der Waals surface area contributed by atoms with E-state index in [1.165, 1.54) is 0 Å². The summed E-state index contributed by atoms with van der Waals surface area (Å²) >= 11 is 5.87. The van der Waals surface area contributed by atoms with E-state index in [1.54, 1.807) is 31.4 Å². The Bertz CT molecular complexity index is 728. The molecule has 1 fully saturated rings. The number of aryl methyl sites for hydroxylation is 1. The van der Waals surface area contributed by atoms with E-state index in [1.807, 2.05) is 17.9 Å². The molecule has 0 atom stereocenters. The molecule has 2 heterocycles. The highest BCUT2D eigenvalue weighted by Crippen LogP contribution is 2.20. The van der Waals surface area contributed by atoms with Crippen LogP contribution in [0.25, 0.3) is 0 Å². The number of aromatic nitrogens is 2. The lowest BCUT2D eigenvalue weighted by Gasteiger charge is -2.35. The fourth-order valence-corrected chi connectivity index (χ4v) is 2.83. The SMILES string of the molecule is COc1cc(N2CCN(C(=O)c3ccc(Cl)cc3)CC2)nc(C)n1. The number of piperazine rings is 1. The third kappa shape index (κ3) is 3.59. The Morgan fingerprint density at radius 1 is 1.12 bits per heavy atom. The van der Waals surface area contributed by atoms with E-state index in [-0.39, 0.29) is 5.91 Å². The van der Waals surface area contributed by atoms with Crippen LogP contribution < -0.4 is 9.64 Å². The second kappa shape index (κ2) is 7.05. The maximum atomic E-state index is 12.5. The van der Waals surface area contributed by atoms with Crippen molar-refractivity contribution in [1.29, 1.82) is 0 Å². The first-order chi connectivity index (χ1) is 11.6. The molecule has 6 nitrogen and oxygen atoms in total. The zero-order valence-electron chi connectivity index (χ0n) is 13.7. The first-order valence-corrected chi connectivity index (χ1v) is 8.14. The number of rotatable bonds is 3. The third-order valence-corrected chi connectivity index (χ3v) is 4.24. The number of hydrogen-bond acceptors (Lipinski definition) is 5. The number of hydrogen-bond donors (Lipinski definition) is 0. The lowest BCUT2D eigenvalue weighted by molar-refractivity contribution is 0.0746. The van der Waals surface area contributed by atoms with Crippen LogP contribution in [0.5, 0.6) is 5.88 Å². The third-order valence-electron chi connectivity index (χ3n) is 3.99. The van der Waals surface area contributed by atoms with Gasteiger partial charge in [0.15, 0.2) is 0 Å². The summed E-state index contributed by atoms with van der Waals surface area (Å²) in [6.07, 6.45) is 0. The Morgan fingerprint density at radius 3 is 2.42 bits per heavy atom.